The molecule has 0 saturated carbocycles. The van der Waals surface area contributed by atoms with Gasteiger partial charge in [-0.25, -0.2) is 4.52 Å². The van der Waals surface area contributed by atoms with E-state index >= 15 is 0 Å². The maximum absolute atomic E-state index is 14.2. The fourth-order valence-corrected chi connectivity index (χ4v) is 5.88. The maximum Gasteiger partial charge on any atom is 0.261 e. The van der Waals surface area contributed by atoms with Crippen molar-refractivity contribution in [3.63, 3.8) is 0 Å². The summed E-state index contributed by atoms with van der Waals surface area (Å²) in [6.45, 7) is 2.62. The summed E-state index contributed by atoms with van der Waals surface area (Å²) in [6, 6.07) is 21.9. The quantitative estimate of drug-likeness (QED) is 0.246. The van der Waals surface area contributed by atoms with Crippen molar-refractivity contribution in [1.29, 1.82) is 0 Å². The van der Waals surface area contributed by atoms with Crippen molar-refractivity contribution >= 4 is 50.7 Å². The molecule has 218 valence electrons. The molecule has 2 aromatic heterocycles. The van der Waals surface area contributed by atoms with E-state index in [1.54, 1.807) is 69.7 Å². The first-order chi connectivity index (χ1) is 20.8. The number of rotatable bonds is 6. The Morgan fingerprint density at radius 1 is 1.02 bits per heavy atom. The fourth-order valence-electron chi connectivity index (χ4n) is 5.45. The molecule has 5 aromatic rings. The number of nitrogens with one attached hydrogen (secondary N) is 2. The van der Waals surface area contributed by atoms with Gasteiger partial charge in [0, 0.05) is 40.8 Å². The van der Waals surface area contributed by atoms with Crippen LogP contribution in [0, 0.1) is 0 Å². The first-order valence-electron chi connectivity index (χ1n) is 13.8. The number of amides is 2. The standard InChI is InChI=1S/C32H28BrClN6O3/c1-19(20-6-4-3-5-7-20)37-27-17-36-40-28-18-38(31(42)22-10-13-25(33)26(34)16-22)15-14-24(28)32(43)39(30(27)40)23-11-8-21(9-12-23)29(41)35-2/h3-13,16-17,19,37H,14-15,18H2,1-2H3,(H,35,41)/t19-/m0/s1. The number of anilines is 1. The van der Waals surface area contributed by atoms with Crippen LogP contribution in [0.1, 0.15) is 50.5 Å². The van der Waals surface area contributed by atoms with Gasteiger partial charge in [0.1, 0.15) is 0 Å². The van der Waals surface area contributed by atoms with Crippen LogP contribution in [0.15, 0.2) is 88.3 Å². The van der Waals surface area contributed by atoms with E-state index in [0.717, 1.165) is 5.56 Å². The molecule has 2 N–H and O–H groups in total. The Morgan fingerprint density at radius 3 is 2.44 bits per heavy atom. The molecule has 0 radical (unpaired) electrons. The van der Waals surface area contributed by atoms with Crippen LogP contribution in [-0.2, 0) is 13.0 Å². The summed E-state index contributed by atoms with van der Waals surface area (Å²) in [6.07, 6.45) is 2.07. The summed E-state index contributed by atoms with van der Waals surface area (Å²) in [4.78, 5) is 41.6. The minimum absolute atomic E-state index is 0.0790. The zero-order valence-electron chi connectivity index (χ0n) is 23.5. The zero-order chi connectivity index (χ0) is 30.2. The Bertz CT molecular complexity index is 1920. The summed E-state index contributed by atoms with van der Waals surface area (Å²) >= 11 is 9.65. The van der Waals surface area contributed by atoms with Crippen LogP contribution in [0.5, 0.6) is 0 Å². The van der Waals surface area contributed by atoms with Gasteiger partial charge >= 0.3 is 0 Å². The Morgan fingerprint density at radius 2 is 1.74 bits per heavy atom. The van der Waals surface area contributed by atoms with Gasteiger partial charge in [0.05, 0.1) is 34.8 Å². The second kappa shape index (κ2) is 11.7. The van der Waals surface area contributed by atoms with Crippen LogP contribution < -0.4 is 16.2 Å². The SMILES string of the molecule is CNC(=O)c1ccc(-n2c(=O)c3c(n4ncc(N[C@@H](C)c5ccccc5)c24)CN(C(=O)c2ccc(Br)c(Cl)c2)CC3)cc1. The first kappa shape index (κ1) is 28.7. The molecule has 0 fully saturated rings. The van der Waals surface area contributed by atoms with E-state index in [0.29, 0.717) is 61.9 Å². The number of carbonyl (C=O) groups is 2. The molecule has 3 aromatic carbocycles. The van der Waals surface area contributed by atoms with Gasteiger partial charge in [-0.2, -0.15) is 5.10 Å². The third-order valence-corrected chi connectivity index (χ3v) is 8.97. The number of fused-ring (bicyclic) bond motifs is 3. The van der Waals surface area contributed by atoms with Gasteiger partial charge in [0.15, 0.2) is 5.65 Å². The summed E-state index contributed by atoms with van der Waals surface area (Å²) in [5.41, 5.74) is 4.89. The van der Waals surface area contributed by atoms with Crippen molar-refractivity contribution in [2.24, 2.45) is 0 Å². The van der Waals surface area contributed by atoms with E-state index in [1.807, 2.05) is 37.3 Å². The van der Waals surface area contributed by atoms with Crippen molar-refractivity contribution in [2.45, 2.75) is 25.9 Å². The van der Waals surface area contributed by atoms with Crippen LogP contribution >= 0.6 is 27.5 Å². The molecular formula is C32H28BrClN6O3. The molecule has 3 heterocycles. The highest BCUT2D eigenvalue weighted by Crippen LogP contribution is 2.29. The zero-order valence-corrected chi connectivity index (χ0v) is 25.8. The van der Waals surface area contributed by atoms with Crippen molar-refractivity contribution in [1.82, 2.24) is 24.4 Å². The molecule has 0 saturated heterocycles. The summed E-state index contributed by atoms with van der Waals surface area (Å²) in [5.74, 6) is -0.389. The molecule has 1 aliphatic heterocycles. The van der Waals surface area contributed by atoms with E-state index in [9.17, 15) is 14.4 Å². The average molecular weight is 660 g/mol. The smallest absolute Gasteiger partial charge is 0.261 e. The number of nitrogens with zero attached hydrogens (tertiary/aromatic N) is 4. The van der Waals surface area contributed by atoms with E-state index in [4.69, 9.17) is 16.7 Å². The number of carbonyl (C=O) groups excluding carboxylic acids is 2. The molecule has 11 heteroatoms. The lowest BCUT2D eigenvalue weighted by atomic mass is 10.0. The van der Waals surface area contributed by atoms with Crippen molar-refractivity contribution in [2.75, 3.05) is 18.9 Å². The van der Waals surface area contributed by atoms with Gasteiger partial charge in [-0.3, -0.25) is 19.0 Å². The molecule has 9 nitrogen and oxygen atoms in total. The molecule has 43 heavy (non-hydrogen) atoms. The van der Waals surface area contributed by atoms with Gasteiger partial charge in [-0.05, 0) is 77.3 Å². The minimum atomic E-state index is -0.213. The van der Waals surface area contributed by atoms with E-state index in [1.165, 1.54) is 0 Å². The van der Waals surface area contributed by atoms with Crippen LogP contribution in [-0.4, -0.2) is 44.5 Å². The lowest BCUT2D eigenvalue weighted by Crippen LogP contribution is -2.41. The van der Waals surface area contributed by atoms with Crippen molar-refractivity contribution < 1.29 is 9.59 Å². The molecule has 0 aliphatic carbocycles. The third kappa shape index (κ3) is 5.32. The highest BCUT2D eigenvalue weighted by Gasteiger charge is 2.29. The van der Waals surface area contributed by atoms with Gasteiger partial charge in [-0.1, -0.05) is 41.9 Å². The maximum atomic E-state index is 14.2. The van der Waals surface area contributed by atoms with Gasteiger partial charge in [0.25, 0.3) is 17.4 Å². The summed E-state index contributed by atoms with van der Waals surface area (Å²) in [5, 5.41) is 11.3. The average Bonchev–Trinajstić information content (AvgIpc) is 3.45. The lowest BCUT2D eigenvalue weighted by molar-refractivity contribution is 0.0729. The van der Waals surface area contributed by atoms with Crippen LogP contribution in [0.25, 0.3) is 11.3 Å². The highest BCUT2D eigenvalue weighted by molar-refractivity contribution is 9.10. The normalized spacial score (nSPS) is 13.4. The number of hydrogen-bond acceptors (Lipinski definition) is 5. The predicted molar refractivity (Wildman–Crippen MR) is 170 cm³/mol. The number of benzene rings is 3. The summed E-state index contributed by atoms with van der Waals surface area (Å²) < 4.78 is 4.09. The van der Waals surface area contributed by atoms with Crippen LogP contribution in [0.4, 0.5) is 5.69 Å². The fraction of sp³-hybridized carbons (Fsp3) is 0.188. The van der Waals surface area contributed by atoms with Crippen LogP contribution in [0.3, 0.4) is 0 Å². The number of aromatic nitrogens is 3. The lowest BCUT2D eigenvalue weighted by Gasteiger charge is -2.30. The number of hydrogen-bond donors (Lipinski definition) is 2. The Hall–Kier alpha value is -4.41. The molecule has 0 bridgehead atoms. The number of halogens is 2. The third-order valence-electron chi connectivity index (χ3n) is 7.73. The van der Waals surface area contributed by atoms with Gasteiger partial charge < -0.3 is 15.5 Å². The largest absolute Gasteiger partial charge is 0.374 e. The first-order valence-corrected chi connectivity index (χ1v) is 15.0. The molecule has 0 spiro atoms. The van der Waals surface area contributed by atoms with E-state index < -0.39 is 0 Å². The Labute approximate surface area is 261 Å². The second-order valence-electron chi connectivity index (χ2n) is 10.4. The van der Waals surface area contributed by atoms with Crippen molar-refractivity contribution in [3.05, 3.63) is 127 Å². The van der Waals surface area contributed by atoms with Gasteiger partial charge in [-0.15, -0.1) is 0 Å². The highest BCUT2D eigenvalue weighted by atomic mass is 79.9. The topological polar surface area (TPSA) is 101 Å². The molecular weight excluding hydrogens is 632 g/mol. The molecule has 2 amide bonds. The van der Waals surface area contributed by atoms with Crippen molar-refractivity contribution in [3.8, 4) is 5.69 Å². The minimum Gasteiger partial charge on any atom is -0.374 e. The van der Waals surface area contributed by atoms with Gasteiger partial charge in [0.2, 0.25) is 0 Å². The molecule has 1 atom stereocenters. The molecule has 0 unspecified atom stereocenters. The Balaban J connectivity index is 1.47. The van der Waals surface area contributed by atoms with E-state index in [-0.39, 0.29) is 30.0 Å². The summed E-state index contributed by atoms with van der Waals surface area (Å²) in [7, 11) is 1.57. The monoisotopic (exact) mass is 658 g/mol. The Kier molecular flexibility index (Phi) is 7.81. The molecule has 6 rings (SSSR count). The second-order valence-corrected chi connectivity index (χ2v) is 11.6. The van der Waals surface area contributed by atoms with E-state index in [2.05, 4.69) is 26.6 Å². The predicted octanol–water partition coefficient (Wildman–Crippen LogP) is 5.63. The molecule has 1 aliphatic rings. The van der Waals surface area contributed by atoms with Crippen LogP contribution in [0.2, 0.25) is 5.02 Å².